The molecule has 2 rings (SSSR count). The second kappa shape index (κ2) is 5.59. The monoisotopic (exact) mass is 305 g/mol. The van der Waals surface area contributed by atoms with Crippen molar-refractivity contribution in [2.24, 2.45) is 5.73 Å². The van der Waals surface area contributed by atoms with Gasteiger partial charge in [0.05, 0.1) is 4.34 Å². The van der Waals surface area contributed by atoms with Crippen LogP contribution in [0, 0.1) is 0 Å². The number of nitrogens with two attached hydrogens (primary N) is 1. The van der Waals surface area contributed by atoms with Gasteiger partial charge in [-0.1, -0.05) is 40.9 Å². The van der Waals surface area contributed by atoms with E-state index in [-0.39, 0.29) is 5.92 Å². The Hall–Kier alpha value is -0.250. The summed E-state index contributed by atoms with van der Waals surface area (Å²) in [5.41, 5.74) is 6.70. The number of thiophene rings is 1. The maximum absolute atomic E-state index is 6.19. The first-order chi connectivity index (χ1) is 8.13. The molecular weight excluding hydrogens is 297 g/mol. The van der Waals surface area contributed by atoms with E-state index in [0.29, 0.717) is 16.6 Å². The highest BCUT2D eigenvalue weighted by Crippen LogP contribution is 2.38. The predicted molar refractivity (Wildman–Crippen MR) is 76.7 cm³/mol. The van der Waals surface area contributed by atoms with E-state index in [4.69, 9.17) is 40.5 Å². The van der Waals surface area contributed by atoms with Gasteiger partial charge in [0.25, 0.3) is 0 Å². The van der Waals surface area contributed by atoms with Crippen LogP contribution in [0.5, 0.6) is 0 Å². The summed E-state index contributed by atoms with van der Waals surface area (Å²) in [7, 11) is 0. The molecule has 1 atom stereocenters. The van der Waals surface area contributed by atoms with Gasteiger partial charge in [-0.15, -0.1) is 11.3 Å². The van der Waals surface area contributed by atoms with E-state index in [1.807, 2.05) is 30.3 Å². The van der Waals surface area contributed by atoms with Crippen LogP contribution in [-0.2, 0) is 0 Å². The average molecular weight is 307 g/mol. The van der Waals surface area contributed by atoms with E-state index in [1.54, 1.807) is 0 Å². The molecule has 0 bridgehead atoms. The first kappa shape index (κ1) is 13.2. The highest BCUT2D eigenvalue weighted by molar-refractivity contribution is 7.16. The molecule has 0 aliphatic rings. The number of hydrogen-bond acceptors (Lipinski definition) is 2. The lowest BCUT2D eigenvalue weighted by Crippen LogP contribution is -2.13. The van der Waals surface area contributed by atoms with Gasteiger partial charge in [-0.05, 0) is 29.8 Å². The summed E-state index contributed by atoms with van der Waals surface area (Å²) < 4.78 is 0.738. The van der Waals surface area contributed by atoms with Crippen LogP contribution in [0.4, 0.5) is 0 Å². The molecule has 0 spiro atoms. The molecule has 0 aliphatic heterocycles. The summed E-state index contributed by atoms with van der Waals surface area (Å²) in [5, 5.41) is 1.27. The highest BCUT2D eigenvalue weighted by atomic mass is 35.5. The zero-order valence-electron chi connectivity index (χ0n) is 8.79. The molecule has 90 valence electrons. The van der Waals surface area contributed by atoms with Gasteiger partial charge in [0.1, 0.15) is 0 Å². The van der Waals surface area contributed by atoms with Crippen molar-refractivity contribution in [3.8, 4) is 0 Å². The number of hydrogen-bond donors (Lipinski definition) is 1. The Bertz CT molecular complexity index is 504. The molecule has 0 amide bonds. The van der Waals surface area contributed by atoms with Gasteiger partial charge in [0.15, 0.2) is 0 Å². The fourth-order valence-corrected chi connectivity index (χ4v) is 3.58. The lowest BCUT2D eigenvalue weighted by molar-refractivity contribution is 0.836. The van der Waals surface area contributed by atoms with Gasteiger partial charge in [-0.25, -0.2) is 0 Å². The molecule has 1 aromatic heterocycles. The third-order valence-electron chi connectivity index (χ3n) is 2.52. The summed E-state index contributed by atoms with van der Waals surface area (Å²) in [6, 6.07) is 9.28. The summed E-state index contributed by atoms with van der Waals surface area (Å²) in [6.45, 7) is 0.445. The van der Waals surface area contributed by atoms with Crippen LogP contribution in [0.15, 0.2) is 30.3 Å². The fourth-order valence-electron chi connectivity index (χ4n) is 1.74. The summed E-state index contributed by atoms with van der Waals surface area (Å²) in [5.74, 6) is -0.00583. The quantitative estimate of drug-likeness (QED) is 0.866. The molecule has 0 aliphatic carbocycles. The lowest BCUT2D eigenvalue weighted by Gasteiger charge is -2.16. The van der Waals surface area contributed by atoms with Gasteiger partial charge >= 0.3 is 0 Å². The minimum Gasteiger partial charge on any atom is -0.329 e. The maximum atomic E-state index is 6.19. The molecule has 0 radical (unpaired) electrons. The Labute approximate surface area is 119 Å². The van der Waals surface area contributed by atoms with Crippen molar-refractivity contribution in [3.63, 3.8) is 0 Å². The van der Waals surface area contributed by atoms with Crippen molar-refractivity contribution in [2.75, 3.05) is 6.54 Å². The Morgan fingerprint density at radius 3 is 2.18 bits per heavy atom. The van der Waals surface area contributed by atoms with Gasteiger partial charge < -0.3 is 5.73 Å². The fraction of sp³-hybridized carbons (Fsp3) is 0.167. The van der Waals surface area contributed by atoms with E-state index < -0.39 is 0 Å². The van der Waals surface area contributed by atoms with E-state index in [0.717, 1.165) is 14.8 Å². The molecule has 2 N–H and O–H groups in total. The first-order valence-electron chi connectivity index (χ1n) is 5.02. The molecule has 17 heavy (non-hydrogen) atoms. The molecule has 5 heteroatoms. The maximum Gasteiger partial charge on any atom is 0.0931 e. The molecule has 1 unspecified atom stereocenters. The number of benzene rings is 1. The van der Waals surface area contributed by atoms with Crippen LogP contribution in [0.25, 0.3) is 0 Å². The minimum absolute atomic E-state index is 0.00583. The molecule has 1 aromatic carbocycles. The van der Waals surface area contributed by atoms with E-state index >= 15 is 0 Å². The van der Waals surface area contributed by atoms with Crippen molar-refractivity contribution >= 4 is 46.1 Å². The third kappa shape index (κ3) is 2.78. The van der Waals surface area contributed by atoms with E-state index in [1.165, 1.54) is 11.3 Å². The van der Waals surface area contributed by atoms with Crippen LogP contribution in [0.1, 0.15) is 16.4 Å². The summed E-state index contributed by atoms with van der Waals surface area (Å²) in [6.07, 6.45) is 0. The molecule has 1 nitrogen and oxygen atoms in total. The topological polar surface area (TPSA) is 26.0 Å². The van der Waals surface area contributed by atoms with Crippen molar-refractivity contribution < 1.29 is 0 Å². The van der Waals surface area contributed by atoms with E-state index in [2.05, 4.69) is 0 Å². The normalized spacial score (nSPS) is 12.7. The molecule has 1 heterocycles. The number of rotatable bonds is 3. The Balaban J connectivity index is 2.49. The van der Waals surface area contributed by atoms with Crippen LogP contribution < -0.4 is 5.73 Å². The van der Waals surface area contributed by atoms with Crippen molar-refractivity contribution in [3.05, 3.63) is 55.2 Å². The smallest absolute Gasteiger partial charge is 0.0931 e. The van der Waals surface area contributed by atoms with Crippen molar-refractivity contribution in [1.82, 2.24) is 0 Å². The second-order valence-corrected chi connectivity index (χ2v) is 6.13. The summed E-state index contributed by atoms with van der Waals surface area (Å²) >= 11 is 19.8. The largest absolute Gasteiger partial charge is 0.329 e. The van der Waals surface area contributed by atoms with Crippen LogP contribution in [0.2, 0.25) is 14.4 Å². The SMILES string of the molecule is NCC(c1ccc(Cl)s1)c1c(Cl)cccc1Cl. The Morgan fingerprint density at radius 2 is 1.71 bits per heavy atom. The lowest BCUT2D eigenvalue weighted by atomic mass is 9.97. The standard InChI is InChI=1S/C12H10Cl3NS/c13-8-2-1-3-9(14)12(8)7(6-16)10-4-5-11(15)17-10/h1-5,7H,6,16H2. The zero-order valence-corrected chi connectivity index (χ0v) is 11.9. The van der Waals surface area contributed by atoms with Crippen LogP contribution >= 0.6 is 46.1 Å². The summed E-state index contributed by atoms with van der Waals surface area (Å²) in [4.78, 5) is 1.08. The Kier molecular flexibility index (Phi) is 4.34. The minimum atomic E-state index is -0.00583. The van der Waals surface area contributed by atoms with Gasteiger partial charge in [0, 0.05) is 27.4 Å². The van der Waals surface area contributed by atoms with Gasteiger partial charge in [-0.3, -0.25) is 0 Å². The van der Waals surface area contributed by atoms with E-state index in [9.17, 15) is 0 Å². The molecule has 2 aromatic rings. The average Bonchev–Trinajstić information content (AvgIpc) is 2.70. The molecule has 0 saturated heterocycles. The van der Waals surface area contributed by atoms with Crippen LogP contribution in [0.3, 0.4) is 0 Å². The molecular formula is C12H10Cl3NS. The predicted octanol–water partition coefficient (Wildman–Crippen LogP) is 4.80. The first-order valence-corrected chi connectivity index (χ1v) is 6.97. The second-order valence-electron chi connectivity index (χ2n) is 3.57. The van der Waals surface area contributed by atoms with Crippen molar-refractivity contribution in [2.45, 2.75) is 5.92 Å². The zero-order chi connectivity index (χ0) is 12.4. The highest BCUT2D eigenvalue weighted by Gasteiger charge is 2.20. The third-order valence-corrected chi connectivity index (χ3v) is 4.53. The van der Waals surface area contributed by atoms with Gasteiger partial charge in [0.2, 0.25) is 0 Å². The molecule has 0 fully saturated rings. The van der Waals surface area contributed by atoms with Crippen LogP contribution in [-0.4, -0.2) is 6.54 Å². The Morgan fingerprint density at radius 1 is 1.06 bits per heavy atom. The van der Waals surface area contributed by atoms with Crippen molar-refractivity contribution in [1.29, 1.82) is 0 Å². The molecule has 0 saturated carbocycles. The van der Waals surface area contributed by atoms with Gasteiger partial charge in [-0.2, -0.15) is 0 Å². The number of halogens is 3.